The number of aromatic nitrogens is 2. The van der Waals surface area contributed by atoms with Crippen LogP contribution in [0.25, 0.3) is 0 Å². The van der Waals surface area contributed by atoms with E-state index in [0.29, 0.717) is 12.2 Å². The van der Waals surface area contributed by atoms with Gasteiger partial charge in [0.15, 0.2) is 0 Å². The van der Waals surface area contributed by atoms with E-state index in [0.717, 1.165) is 51.6 Å². The van der Waals surface area contributed by atoms with Crippen molar-refractivity contribution in [2.75, 3.05) is 13.1 Å². The molecule has 0 bridgehead atoms. The van der Waals surface area contributed by atoms with Gasteiger partial charge >= 0.3 is 0 Å². The molecule has 2 fully saturated rings. The van der Waals surface area contributed by atoms with Crippen molar-refractivity contribution in [1.29, 1.82) is 0 Å². The zero-order valence-electron chi connectivity index (χ0n) is 15.8. The maximum Gasteiger partial charge on any atom is 0.0844 e. The second-order valence-corrected chi connectivity index (χ2v) is 7.55. The van der Waals surface area contributed by atoms with Crippen LogP contribution in [0.1, 0.15) is 61.9 Å². The van der Waals surface area contributed by atoms with E-state index in [1.807, 2.05) is 36.9 Å². The summed E-state index contributed by atoms with van der Waals surface area (Å²) in [7, 11) is 0. The van der Waals surface area contributed by atoms with Crippen LogP contribution in [0.15, 0.2) is 49.1 Å². The third-order valence-corrected chi connectivity index (χ3v) is 5.61. The van der Waals surface area contributed by atoms with Gasteiger partial charge in [0.2, 0.25) is 0 Å². The molecular weight excluding hydrogens is 338 g/mol. The summed E-state index contributed by atoms with van der Waals surface area (Å²) in [6, 6.07) is 8.19. The van der Waals surface area contributed by atoms with Gasteiger partial charge in [-0.2, -0.15) is 0 Å². The quantitative estimate of drug-likeness (QED) is 0.715. The predicted molar refractivity (Wildman–Crippen MR) is 104 cm³/mol. The van der Waals surface area contributed by atoms with Gasteiger partial charge in [0.05, 0.1) is 24.4 Å². The normalized spacial score (nSPS) is 27.9. The van der Waals surface area contributed by atoms with E-state index >= 15 is 0 Å². The summed E-state index contributed by atoms with van der Waals surface area (Å²) in [6.45, 7) is 2.01. The highest BCUT2D eigenvalue weighted by Gasteiger charge is 2.27. The molecule has 4 heterocycles. The van der Waals surface area contributed by atoms with E-state index < -0.39 is 0 Å². The smallest absolute Gasteiger partial charge is 0.0844 e. The molecule has 2 aromatic rings. The van der Waals surface area contributed by atoms with Crippen LogP contribution in [-0.4, -0.2) is 35.3 Å². The van der Waals surface area contributed by atoms with Crippen molar-refractivity contribution in [3.05, 3.63) is 60.2 Å². The molecule has 5 heteroatoms. The Balaban J connectivity index is 1.09. The predicted octanol–water partition coefficient (Wildman–Crippen LogP) is 3.99. The van der Waals surface area contributed by atoms with Crippen molar-refractivity contribution in [3.63, 3.8) is 0 Å². The Morgan fingerprint density at radius 3 is 1.74 bits per heavy atom. The molecule has 0 spiro atoms. The zero-order valence-corrected chi connectivity index (χ0v) is 15.8. The van der Waals surface area contributed by atoms with Crippen molar-refractivity contribution in [3.8, 4) is 0 Å². The summed E-state index contributed by atoms with van der Waals surface area (Å²) in [5.74, 6) is 0. The van der Waals surface area contributed by atoms with Gasteiger partial charge < -0.3 is 14.8 Å². The van der Waals surface area contributed by atoms with Crippen LogP contribution in [0, 0.1) is 0 Å². The molecule has 144 valence electrons. The lowest BCUT2D eigenvalue weighted by Crippen LogP contribution is -2.24. The second-order valence-electron chi connectivity index (χ2n) is 7.55. The molecule has 27 heavy (non-hydrogen) atoms. The van der Waals surface area contributed by atoms with Gasteiger partial charge in [-0.1, -0.05) is 12.1 Å². The molecular formula is C22H29N3O2. The molecule has 0 radical (unpaired) electrons. The molecule has 4 atom stereocenters. The molecule has 0 aliphatic carbocycles. The van der Waals surface area contributed by atoms with Crippen molar-refractivity contribution in [1.82, 2.24) is 15.3 Å². The molecule has 4 rings (SSSR count). The lowest BCUT2D eigenvalue weighted by molar-refractivity contribution is 0.0364. The fraction of sp³-hybridized carbons (Fsp3) is 0.545. The van der Waals surface area contributed by atoms with Gasteiger partial charge in [0.25, 0.3) is 0 Å². The average Bonchev–Trinajstić information content (AvgIpc) is 3.39. The Morgan fingerprint density at radius 1 is 0.778 bits per heavy atom. The summed E-state index contributed by atoms with van der Waals surface area (Å²) in [4.78, 5) is 8.39. The zero-order chi connectivity index (χ0) is 18.3. The van der Waals surface area contributed by atoms with Crippen molar-refractivity contribution < 1.29 is 9.47 Å². The maximum atomic E-state index is 6.18. The number of ether oxygens (including phenoxy) is 2. The van der Waals surface area contributed by atoms with Gasteiger partial charge in [-0.05, 0) is 74.9 Å². The number of rotatable bonds is 8. The van der Waals surface area contributed by atoms with E-state index in [2.05, 4.69) is 27.4 Å². The Labute approximate surface area is 161 Å². The van der Waals surface area contributed by atoms with E-state index in [1.165, 1.54) is 11.1 Å². The number of hydrogen-bond acceptors (Lipinski definition) is 5. The van der Waals surface area contributed by atoms with Crippen molar-refractivity contribution in [2.24, 2.45) is 0 Å². The topological polar surface area (TPSA) is 56.3 Å². The molecule has 4 unspecified atom stereocenters. The number of nitrogens with zero attached hydrogens (tertiary/aromatic N) is 2. The fourth-order valence-corrected chi connectivity index (χ4v) is 4.11. The van der Waals surface area contributed by atoms with E-state index in [9.17, 15) is 0 Å². The molecule has 5 nitrogen and oxygen atoms in total. The summed E-state index contributed by atoms with van der Waals surface area (Å²) >= 11 is 0. The number of pyridine rings is 2. The molecule has 2 aliphatic rings. The molecule has 0 saturated carbocycles. The molecule has 2 aromatic heterocycles. The highest BCUT2D eigenvalue weighted by atomic mass is 16.5. The second kappa shape index (κ2) is 9.40. The average molecular weight is 367 g/mol. The SMILES string of the molecule is c1cncc(C2CCC(CCNCCC3CCC(c4cccnc4)O3)O2)c1. The maximum absolute atomic E-state index is 6.18. The Kier molecular flexibility index (Phi) is 6.45. The first-order valence-corrected chi connectivity index (χ1v) is 10.2. The molecule has 0 amide bonds. The minimum absolute atomic E-state index is 0.222. The molecule has 0 aromatic carbocycles. The van der Waals surface area contributed by atoms with Crippen LogP contribution in [0.3, 0.4) is 0 Å². The third kappa shape index (κ3) is 5.12. The van der Waals surface area contributed by atoms with Crippen LogP contribution in [0.5, 0.6) is 0 Å². The van der Waals surface area contributed by atoms with E-state index in [4.69, 9.17) is 9.47 Å². The lowest BCUT2D eigenvalue weighted by atomic mass is 10.1. The Bertz CT molecular complexity index is 623. The number of nitrogens with one attached hydrogen (secondary N) is 1. The largest absolute Gasteiger partial charge is 0.370 e. The van der Waals surface area contributed by atoms with Crippen LogP contribution in [0.2, 0.25) is 0 Å². The highest BCUT2D eigenvalue weighted by Crippen LogP contribution is 2.34. The lowest BCUT2D eigenvalue weighted by Gasteiger charge is -2.16. The third-order valence-electron chi connectivity index (χ3n) is 5.61. The van der Waals surface area contributed by atoms with Crippen molar-refractivity contribution in [2.45, 2.75) is 62.9 Å². The first-order chi connectivity index (χ1) is 13.4. The Morgan fingerprint density at radius 2 is 1.30 bits per heavy atom. The van der Waals surface area contributed by atoms with Crippen LogP contribution in [-0.2, 0) is 9.47 Å². The summed E-state index contributed by atoms with van der Waals surface area (Å²) in [6.07, 6.45) is 15.3. The minimum Gasteiger partial charge on any atom is -0.370 e. The molecule has 2 aliphatic heterocycles. The van der Waals surface area contributed by atoms with Crippen LogP contribution >= 0.6 is 0 Å². The van der Waals surface area contributed by atoms with Gasteiger partial charge in [-0.25, -0.2) is 0 Å². The summed E-state index contributed by atoms with van der Waals surface area (Å²) < 4.78 is 12.4. The van der Waals surface area contributed by atoms with Gasteiger partial charge in [0.1, 0.15) is 0 Å². The first kappa shape index (κ1) is 18.5. The first-order valence-electron chi connectivity index (χ1n) is 10.2. The minimum atomic E-state index is 0.222. The van der Waals surface area contributed by atoms with Gasteiger partial charge in [-0.3, -0.25) is 9.97 Å². The van der Waals surface area contributed by atoms with Crippen LogP contribution < -0.4 is 5.32 Å². The summed E-state index contributed by atoms with van der Waals surface area (Å²) in [5.41, 5.74) is 2.41. The van der Waals surface area contributed by atoms with Gasteiger partial charge in [-0.15, -0.1) is 0 Å². The number of hydrogen-bond donors (Lipinski definition) is 1. The van der Waals surface area contributed by atoms with Crippen LogP contribution in [0.4, 0.5) is 0 Å². The van der Waals surface area contributed by atoms with Crippen molar-refractivity contribution >= 4 is 0 Å². The standard InChI is InChI=1S/C22H29N3O2/c1-3-17(15-24-11-1)21-7-5-19(26-21)9-13-23-14-10-20-6-8-22(27-20)18-4-2-12-25-16-18/h1-4,11-12,15-16,19-23H,5-10,13-14H2. The highest BCUT2D eigenvalue weighted by molar-refractivity contribution is 5.14. The molecule has 1 N–H and O–H groups in total. The Hall–Kier alpha value is -1.82. The summed E-state index contributed by atoms with van der Waals surface area (Å²) in [5, 5.41) is 3.56. The van der Waals surface area contributed by atoms with Gasteiger partial charge in [0, 0.05) is 24.8 Å². The van der Waals surface area contributed by atoms with E-state index in [1.54, 1.807) is 0 Å². The molecule has 2 saturated heterocycles. The monoisotopic (exact) mass is 367 g/mol. The van der Waals surface area contributed by atoms with E-state index in [-0.39, 0.29) is 12.2 Å². The fourth-order valence-electron chi connectivity index (χ4n) is 4.11.